The van der Waals surface area contributed by atoms with E-state index in [2.05, 4.69) is 15.5 Å². The van der Waals surface area contributed by atoms with Gasteiger partial charge in [-0.05, 0) is 45.0 Å². The normalized spacial score (nSPS) is 16.4. The molecule has 9 heteroatoms. The van der Waals surface area contributed by atoms with Crippen molar-refractivity contribution in [2.75, 3.05) is 10.2 Å². The predicted molar refractivity (Wildman–Crippen MR) is 104 cm³/mol. The fourth-order valence-corrected chi connectivity index (χ4v) is 3.71. The fraction of sp³-hybridized carbons (Fsp3) is 0.263. The zero-order chi connectivity index (χ0) is 19.9. The molecular weight excluding hydrogens is 380 g/mol. The van der Waals surface area contributed by atoms with Gasteiger partial charge in [-0.1, -0.05) is 23.9 Å². The molecule has 1 atom stereocenters. The smallest absolute Gasteiger partial charge is 0.284 e. The van der Waals surface area contributed by atoms with Crippen molar-refractivity contribution in [2.45, 2.75) is 36.8 Å². The van der Waals surface area contributed by atoms with Crippen LogP contribution in [0.4, 0.5) is 11.4 Å². The summed E-state index contributed by atoms with van der Waals surface area (Å²) < 4.78 is 10.8. The van der Waals surface area contributed by atoms with E-state index >= 15 is 0 Å². The van der Waals surface area contributed by atoms with E-state index < -0.39 is 10.8 Å². The Hall–Kier alpha value is -3.07. The molecule has 144 valence electrons. The van der Waals surface area contributed by atoms with Crippen molar-refractivity contribution in [3.8, 4) is 11.7 Å². The van der Waals surface area contributed by atoms with Gasteiger partial charge in [0.05, 0.1) is 22.9 Å². The number of anilines is 2. The number of fused-ring (bicyclic) bond motifs is 1. The highest BCUT2D eigenvalue weighted by Gasteiger charge is 2.45. The van der Waals surface area contributed by atoms with Gasteiger partial charge in [0.2, 0.25) is 11.8 Å². The summed E-state index contributed by atoms with van der Waals surface area (Å²) >= 11 is 1.14. The summed E-state index contributed by atoms with van der Waals surface area (Å²) in [6.45, 7) is 5.18. The molecule has 0 saturated carbocycles. The number of carbonyl (C=O) groups excluding carboxylic acids is 2. The van der Waals surface area contributed by atoms with Crippen LogP contribution in [0.2, 0.25) is 0 Å². The second-order valence-electron chi connectivity index (χ2n) is 6.81. The molecule has 0 aliphatic carbocycles. The number of nitrogens with one attached hydrogen (secondary N) is 1. The topological polar surface area (TPSA) is 101 Å². The van der Waals surface area contributed by atoms with Gasteiger partial charge < -0.3 is 14.2 Å². The van der Waals surface area contributed by atoms with Gasteiger partial charge in [0, 0.05) is 0 Å². The number of rotatable bonds is 4. The number of benzene rings is 1. The third-order valence-electron chi connectivity index (χ3n) is 4.49. The Morgan fingerprint density at radius 3 is 2.75 bits per heavy atom. The lowest BCUT2D eigenvalue weighted by molar-refractivity contribution is -0.126. The number of amides is 2. The summed E-state index contributed by atoms with van der Waals surface area (Å²) in [5.41, 5.74) is 0.232. The third kappa shape index (κ3) is 3.07. The van der Waals surface area contributed by atoms with E-state index in [0.717, 1.165) is 11.8 Å². The summed E-state index contributed by atoms with van der Waals surface area (Å²) in [5, 5.41) is 10.5. The van der Waals surface area contributed by atoms with Crippen LogP contribution in [0.25, 0.3) is 11.7 Å². The van der Waals surface area contributed by atoms with Crippen LogP contribution in [0.1, 0.15) is 20.8 Å². The van der Waals surface area contributed by atoms with E-state index in [-0.39, 0.29) is 22.9 Å². The molecule has 28 heavy (non-hydrogen) atoms. The van der Waals surface area contributed by atoms with Crippen LogP contribution in [0.15, 0.2) is 56.7 Å². The van der Waals surface area contributed by atoms with Crippen molar-refractivity contribution < 1.29 is 18.4 Å². The maximum atomic E-state index is 13.3. The number of thioether (sulfide) groups is 1. The largest absolute Gasteiger partial charge is 0.459 e. The summed E-state index contributed by atoms with van der Waals surface area (Å²) in [6, 6.07) is 10.7. The summed E-state index contributed by atoms with van der Waals surface area (Å²) in [7, 11) is 0. The van der Waals surface area contributed by atoms with E-state index in [9.17, 15) is 9.59 Å². The number of nitrogens with zero attached hydrogens (tertiary/aromatic N) is 3. The molecule has 0 fully saturated rings. The van der Waals surface area contributed by atoms with Crippen molar-refractivity contribution in [1.29, 1.82) is 0 Å². The number of furan rings is 1. The minimum absolute atomic E-state index is 0.227. The van der Waals surface area contributed by atoms with Gasteiger partial charge in [-0.3, -0.25) is 14.5 Å². The predicted octanol–water partition coefficient (Wildman–Crippen LogP) is 3.57. The number of hydrogen-bond acceptors (Lipinski definition) is 7. The second kappa shape index (κ2) is 6.83. The molecule has 0 saturated heterocycles. The van der Waals surface area contributed by atoms with Gasteiger partial charge in [-0.25, -0.2) is 0 Å². The van der Waals surface area contributed by atoms with Crippen LogP contribution >= 0.6 is 11.8 Å². The zero-order valence-electron chi connectivity index (χ0n) is 15.5. The number of aromatic nitrogens is 2. The van der Waals surface area contributed by atoms with Crippen LogP contribution in [0.5, 0.6) is 0 Å². The molecule has 2 amide bonds. The molecule has 3 aromatic rings. The molecule has 0 unspecified atom stereocenters. The quantitative estimate of drug-likeness (QED) is 0.670. The van der Waals surface area contributed by atoms with Gasteiger partial charge >= 0.3 is 0 Å². The maximum absolute atomic E-state index is 13.3. The van der Waals surface area contributed by atoms with Crippen molar-refractivity contribution in [3.63, 3.8) is 0 Å². The SMILES string of the molecule is C[C@H](Sc1nnc(-c2ccco2)o1)C(=O)N1c2ccccc2NC(=O)C1(C)C. The molecule has 1 N–H and O–H groups in total. The number of para-hydroxylation sites is 2. The Morgan fingerprint density at radius 1 is 1.21 bits per heavy atom. The standard InChI is InChI=1S/C19H18N4O4S/c1-11(28-18-22-21-15(27-18)14-9-6-10-26-14)16(24)23-13-8-5-4-7-12(13)20-17(25)19(23,2)3/h4-11H,1-3H3,(H,20,25)/t11-/m0/s1. The fourth-order valence-electron chi connectivity index (χ4n) is 2.99. The van der Waals surface area contributed by atoms with E-state index in [4.69, 9.17) is 8.83 Å². The van der Waals surface area contributed by atoms with Gasteiger partial charge in [0.15, 0.2) is 5.76 Å². The molecule has 4 rings (SSSR count). The van der Waals surface area contributed by atoms with Crippen LogP contribution in [0.3, 0.4) is 0 Å². The molecule has 0 radical (unpaired) electrons. The lowest BCUT2D eigenvalue weighted by atomic mass is 9.96. The van der Waals surface area contributed by atoms with Crippen molar-refractivity contribution in [1.82, 2.24) is 10.2 Å². The second-order valence-corrected chi connectivity index (χ2v) is 8.11. The van der Waals surface area contributed by atoms with E-state index in [1.54, 1.807) is 39.0 Å². The Morgan fingerprint density at radius 2 is 2.00 bits per heavy atom. The average molecular weight is 398 g/mol. The van der Waals surface area contributed by atoms with E-state index in [1.807, 2.05) is 18.2 Å². The Balaban J connectivity index is 1.59. The minimum Gasteiger partial charge on any atom is -0.459 e. The van der Waals surface area contributed by atoms with Gasteiger partial charge in [-0.2, -0.15) is 0 Å². The first-order valence-electron chi connectivity index (χ1n) is 8.66. The monoisotopic (exact) mass is 398 g/mol. The first-order chi connectivity index (χ1) is 13.4. The number of hydrogen-bond donors (Lipinski definition) is 1. The molecule has 8 nitrogen and oxygen atoms in total. The Labute approximate surface area is 165 Å². The summed E-state index contributed by atoms with van der Waals surface area (Å²) in [5.74, 6) is 0.237. The van der Waals surface area contributed by atoms with Crippen molar-refractivity contribution >= 4 is 35.0 Å². The first-order valence-corrected chi connectivity index (χ1v) is 9.54. The van der Waals surface area contributed by atoms with E-state index in [1.165, 1.54) is 11.2 Å². The van der Waals surface area contributed by atoms with Gasteiger partial charge in [-0.15, -0.1) is 10.2 Å². The first kappa shape index (κ1) is 18.3. The average Bonchev–Trinajstić information content (AvgIpc) is 3.33. The van der Waals surface area contributed by atoms with Crippen LogP contribution in [-0.4, -0.2) is 32.8 Å². The highest BCUT2D eigenvalue weighted by atomic mass is 32.2. The number of carbonyl (C=O) groups is 2. The van der Waals surface area contributed by atoms with Gasteiger partial charge in [0.1, 0.15) is 5.54 Å². The molecule has 0 spiro atoms. The Bertz CT molecular complexity index is 1030. The molecular formula is C19H18N4O4S. The highest BCUT2D eigenvalue weighted by Crippen LogP contribution is 2.38. The van der Waals surface area contributed by atoms with Crippen LogP contribution < -0.4 is 10.2 Å². The van der Waals surface area contributed by atoms with E-state index in [0.29, 0.717) is 17.1 Å². The molecule has 2 aromatic heterocycles. The zero-order valence-corrected chi connectivity index (χ0v) is 16.3. The van der Waals surface area contributed by atoms with Crippen molar-refractivity contribution in [3.05, 3.63) is 42.7 Å². The van der Waals surface area contributed by atoms with Crippen LogP contribution in [0, 0.1) is 0 Å². The summed E-state index contributed by atoms with van der Waals surface area (Å²) in [6.07, 6.45) is 1.51. The van der Waals surface area contributed by atoms with Crippen LogP contribution in [-0.2, 0) is 9.59 Å². The molecule has 0 bridgehead atoms. The maximum Gasteiger partial charge on any atom is 0.284 e. The summed E-state index contributed by atoms with van der Waals surface area (Å²) in [4.78, 5) is 27.4. The lowest BCUT2D eigenvalue weighted by Gasteiger charge is -2.42. The minimum atomic E-state index is -1.03. The lowest BCUT2D eigenvalue weighted by Crippen LogP contribution is -2.60. The molecule has 1 aromatic carbocycles. The van der Waals surface area contributed by atoms with Gasteiger partial charge in [0.25, 0.3) is 11.1 Å². The molecule has 3 heterocycles. The Kier molecular flexibility index (Phi) is 4.46. The third-order valence-corrected chi connectivity index (χ3v) is 5.41. The molecule has 1 aliphatic rings. The highest BCUT2D eigenvalue weighted by molar-refractivity contribution is 8.00. The molecule has 1 aliphatic heterocycles. The van der Waals surface area contributed by atoms with Crippen molar-refractivity contribution in [2.24, 2.45) is 0 Å².